The normalized spacial score (nSPS) is 45.4. The van der Waals surface area contributed by atoms with Crippen molar-refractivity contribution in [2.45, 2.75) is 52.6 Å². The van der Waals surface area contributed by atoms with Crippen molar-refractivity contribution in [1.29, 1.82) is 0 Å². The molecule has 0 spiro atoms. The number of aromatic nitrogens is 1. The maximum absolute atomic E-state index is 4.53. The molecule has 18 heavy (non-hydrogen) atoms. The summed E-state index contributed by atoms with van der Waals surface area (Å²) in [6.07, 6.45) is 10.4. The Morgan fingerprint density at radius 2 is 1.94 bits per heavy atom. The molecule has 0 aromatic carbocycles. The average Bonchev–Trinajstić information content (AvgIpc) is 2.25. The lowest BCUT2D eigenvalue weighted by molar-refractivity contribution is 0.0606. The van der Waals surface area contributed by atoms with Crippen molar-refractivity contribution in [2.75, 3.05) is 0 Å². The first-order valence-corrected chi connectivity index (χ1v) is 8.55. The molecule has 0 radical (unpaired) electrons. The Hall–Kier alpha value is -0.0200. The predicted molar refractivity (Wildman–Crippen MR) is 79.2 cm³/mol. The number of thioether (sulfide) groups is 1. The van der Waals surface area contributed by atoms with E-state index in [0.717, 1.165) is 11.8 Å². The van der Waals surface area contributed by atoms with Gasteiger partial charge < -0.3 is 0 Å². The minimum Gasteiger partial charge on any atom is -0.250 e. The van der Waals surface area contributed by atoms with Crippen LogP contribution in [0.1, 0.15) is 38.5 Å². The summed E-state index contributed by atoms with van der Waals surface area (Å²) in [5, 5.41) is 1.22. The summed E-state index contributed by atoms with van der Waals surface area (Å²) < 4.78 is 0.931. The fourth-order valence-electron chi connectivity index (χ4n) is 4.82. The number of nitrogens with zero attached hydrogens (tertiary/aromatic N) is 1. The van der Waals surface area contributed by atoms with E-state index in [1.165, 1.54) is 43.6 Å². The molecule has 5 rings (SSSR count). The van der Waals surface area contributed by atoms with E-state index < -0.39 is 0 Å². The van der Waals surface area contributed by atoms with Gasteiger partial charge in [-0.2, -0.15) is 0 Å². The summed E-state index contributed by atoms with van der Waals surface area (Å²) in [7, 11) is 0. The van der Waals surface area contributed by atoms with Gasteiger partial charge in [-0.1, -0.05) is 33.8 Å². The smallest absolute Gasteiger partial charge is 0.0965 e. The van der Waals surface area contributed by atoms with Gasteiger partial charge in [-0.05, 0) is 62.5 Å². The number of rotatable bonds is 2. The molecule has 4 bridgehead atoms. The molecule has 4 atom stereocenters. The minimum atomic E-state index is 0.457. The highest BCUT2D eigenvalue weighted by Gasteiger charge is 2.57. The molecule has 0 amide bonds. The van der Waals surface area contributed by atoms with Crippen LogP contribution in [0.2, 0.25) is 0 Å². The molecule has 1 aromatic heterocycles. The number of hydrogen-bond donors (Lipinski definition) is 0. The lowest BCUT2D eigenvalue weighted by Crippen LogP contribution is -2.54. The van der Waals surface area contributed by atoms with Gasteiger partial charge in [0.25, 0.3) is 0 Å². The second-order valence-electron chi connectivity index (χ2n) is 6.56. The maximum Gasteiger partial charge on any atom is 0.0965 e. The van der Waals surface area contributed by atoms with Crippen LogP contribution in [0.3, 0.4) is 0 Å². The summed E-state index contributed by atoms with van der Waals surface area (Å²) in [6, 6.07) is 6.29. The summed E-state index contributed by atoms with van der Waals surface area (Å²) >= 11 is 6.13. The number of alkyl halides is 1. The molecule has 3 heteroatoms. The zero-order chi connectivity index (χ0) is 12.2. The predicted octanol–water partition coefficient (Wildman–Crippen LogP) is 4.66. The largest absolute Gasteiger partial charge is 0.250 e. The Balaban J connectivity index is 1.64. The van der Waals surface area contributed by atoms with Gasteiger partial charge in [-0.3, -0.25) is 0 Å². The van der Waals surface area contributed by atoms with Crippen molar-refractivity contribution >= 4 is 27.7 Å². The molecule has 0 aliphatic heterocycles. The number of halogens is 1. The van der Waals surface area contributed by atoms with Crippen LogP contribution in [0.15, 0.2) is 29.4 Å². The SMILES string of the molecule is BrC12C[C@H]3C[C@@H](C1)CC(Sc1ccccn1)(C3)C2. The first-order valence-electron chi connectivity index (χ1n) is 6.94. The van der Waals surface area contributed by atoms with Crippen molar-refractivity contribution in [2.24, 2.45) is 11.8 Å². The topological polar surface area (TPSA) is 12.9 Å². The van der Waals surface area contributed by atoms with Gasteiger partial charge in [0, 0.05) is 15.3 Å². The summed E-state index contributed by atoms with van der Waals surface area (Å²) in [5.41, 5.74) is 0. The van der Waals surface area contributed by atoms with Gasteiger partial charge in [0.1, 0.15) is 0 Å². The monoisotopic (exact) mass is 323 g/mol. The second-order valence-corrected chi connectivity index (χ2v) is 9.74. The third-order valence-electron chi connectivity index (χ3n) is 4.89. The fraction of sp³-hybridized carbons (Fsp3) is 0.667. The van der Waals surface area contributed by atoms with Crippen molar-refractivity contribution in [1.82, 2.24) is 4.98 Å². The van der Waals surface area contributed by atoms with E-state index in [9.17, 15) is 0 Å². The lowest BCUT2D eigenvalue weighted by Gasteiger charge is -2.59. The summed E-state index contributed by atoms with van der Waals surface area (Å²) in [6.45, 7) is 0. The Bertz CT molecular complexity index is 447. The van der Waals surface area contributed by atoms with Crippen LogP contribution in [-0.4, -0.2) is 14.1 Å². The molecule has 2 unspecified atom stereocenters. The molecular weight excluding hydrogens is 306 g/mol. The van der Waals surface area contributed by atoms with Crippen LogP contribution in [-0.2, 0) is 0 Å². The molecule has 4 aliphatic carbocycles. The third kappa shape index (κ3) is 1.94. The maximum atomic E-state index is 4.53. The summed E-state index contributed by atoms with van der Waals surface area (Å²) in [5.74, 6) is 1.92. The van der Waals surface area contributed by atoms with Gasteiger partial charge in [-0.15, -0.1) is 0 Å². The van der Waals surface area contributed by atoms with Crippen molar-refractivity contribution in [3.05, 3.63) is 24.4 Å². The lowest BCUT2D eigenvalue weighted by atomic mass is 9.56. The van der Waals surface area contributed by atoms with E-state index in [0.29, 0.717) is 9.07 Å². The zero-order valence-corrected chi connectivity index (χ0v) is 12.8. The van der Waals surface area contributed by atoms with E-state index >= 15 is 0 Å². The van der Waals surface area contributed by atoms with E-state index in [-0.39, 0.29) is 0 Å². The summed E-state index contributed by atoms with van der Waals surface area (Å²) in [4.78, 5) is 4.53. The second kappa shape index (κ2) is 3.99. The zero-order valence-electron chi connectivity index (χ0n) is 10.4. The third-order valence-corrected chi connectivity index (χ3v) is 7.18. The van der Waals surface area contributed by atoms with Crippen LogP contribution in [0.4, 0.5) is 0 Å². The Labute approximate surface area is 121 Å². The molecular formula is C15H18BrNS. The van der Waals surface area contributed by atoms with Gasteiger partial charge in [0.15, 0.2) is 0 Å². The van der Waals surface area contributed by atoms with Gasteiger partial charge in [0.05, 0.1) is 5.03 Å². The molecule has 0 saturated heterocycles. The van der Waals surface area contributed by atoms with Crippen LogP contribution < -0.4 is 0 Å². The molecule has 4 fully saturated rings. The van der Waals surface area contributed by atoms with E-state index in [4.69, 9.17) is 0 Å². The first kappa shape index (κ1) is 11.8. The Morgan fingerprint density at radius 1 is 1.17 bits per heavy atom. The van der Waals surface area contributed by atoms with E-state index in [2.05, 4.69) is 44.8 Å². The van der Waals surface area contributed by atoms with Crippen LogP contribution in [0.25, 0.3) is 0 Å². The molecule has 0 N–H and O–H groups in total. The van der Waals surface area contributed by atoms with Crippen molar-refractivity contribution in [3.8, 4) is 0 Å². The van der Waals surface area contributed by atoms with E-state index in [1.807, 2.05) is 12.3 Å². The van der Waals surface area contributed by atoms with Gasteiger partial charge >= 0.3 is 0 Å². The highest BCUT2D eigenvalue weighted by Crippen LogP contribution is 2.65. The highest BCUT2D eigenvalue weighted by atomic mass is 79.9. The van der Waals surface area contributed by atoms with Crippen molar-refractivity contribution in [3.63, 3.8) is 0 Å². The standard InChI is InChI=1S/C15H18BrNS/c16-14-6-11-5-12(7-14)9-15(8-11,10-14)18-13-3-1-2-4-17-13/h1-4,11-12H,5-10H2/t11-,12+,14?,15?. The number of pyridine rings is 1. The Morgan fingerprint density at radius 3 is 2.56 bits per heavy atom. The average molecular weight is 324 g/mol. The first-order chi connectivity index (χ1) is 8.65. The quantitative estimate of drug-likeness (QED) is 0.734. The molecule has 96 valence electrons. The highest BCUT2D eigenvalue weighted by molar-refractivity contribution is 9.10. The molecule has 4 saturated carbocycles. The minimum absolute atomic E-state index is 0.457. The Kier molecular flexibility index (Phi) is 2.61. The molecule has 4 aliphatic rings. The number of hydrogen-bond acceptors (Lipinski definition) is 2. The fourth-order valence-corrected chi connectivity index (χ4v) is 8.15. The van der Waals surface area contributed by atoms with Crippen LogP contribution in [0, 0.1) is 11.8 Å². The van der Waals surface area contributed by atoms with Crippen LogP contribution >= 0.6 is 27.7 Å². The van der Waals surface area contributed by atoms with Crippen molar-refractivity contribution < 1.29 is 0 Å². The molecule has 1 aromatic rings. The molecule has 1 heterocycles. The van der Waals surface area contributed by atoms with E-state index in [1.54, 1.807) is 0 Å². The van der Waals surface area contributed by atoms with Gasteiger partial charge in [-0.25, -0.2) is 4.98 Å². The molecule has 1 nitrogen and oxygen atoms in total. The van der Waals surface area contributed by atoms with Crippen LogP contribution in [0.5, 0.6) is 0 Å². The van der Waals surface area contributed by atoms with Gasteiger partial charge in [0.2, 0.25) is 0 Å².